The number of benzene rings is 1. The third-order valence-electron chi connectivity index (χ3n) is 4.06. The highest BCUT2D eigenvalue weighted by molar-refractivity contribution is 6.31. The first-order valence-electron chi connectivity index (χ1n) is 8.46. The van der Waals surface area contributed by atoms with Gasteiger partial charge in [-0.1, -0.05) is 24.6 Å². The number of urea groups is 1. The van der Waals surface area contributed by atoms with Crippen molar-refractivity contribution in [2.75, 3.05) is 20.2 Å². The van der Waals surface area contributed by atoms with Gasteiger partial charge in [-0.25, -0.2) is 14.0 Å². The number of hydrogen-bond acceptors (Lipinski definition) is 4. The molecule has 1 atom stereocenters. The lowest BCUT2D eigenvalue weighted by Gasteiger charge is -2.30. The van der Waals surface area contributed by atoms with Crippen LogP contribution in [0.25, 0.3) is 0 Å². The van der Waals surface area contributed by atoms with Crippen molar-refractivity contribution in [2.45, 2.75) is 32.9 Å². The van der Waals surface area contributed by atoms with E-state index in [1.165, 1.54) is 6.07 Å². The number of likely N-dealkylation sites (N-methyl/N-ethyl adjacent to an activating group) is 1. The van der Waals surface area contributed by atoms with Crippen molar-refractivity contribution in [2.24, 2.45) is 0 Å². The molecular formula is C18H23ClFN3O3. The number of amides is 2. The predicted molar refractivity (Wildman–Crippen MR) is 97.1 cm³/mol. The Kier molecular flexibility index (Phi) is 6.99. The molecule has 1 aliphatic rings. The van der Waals surface area contributed by atoms with Crippen LogP contribution in [-0.4, -0.2) is 43.1 Å². The average molecular weight is 384 g/mol. The lowest BCUT2D eigenvalue weighted by atomic mass is 10.00. The van der Waals surface area contributed by atoms with E-state index >= 15 is 0 Å². The highest BCUT2D eigenvalue weighted by Crippen LogP contribution is 2.22. The minimum atomic E-state index is -0.473. The number of hydrogen-bond donors (Lipinski definition) is 2. The van der Waals surface area contributed by atoms with E-state index in [0.29, 0.717) is 28.3 Å². The van der Waals surface area contributed by atoms with Crippen molar-refractivity contribution in [3.63, 3.8) is 0 Å². The molecule has 0 aromatic heterocycles. The van der Waals surface area contributed by atoms with Crippen LogP contribution in [0.3, 0.4) is 0 Å². The highest BCUT2D eigenvalue weighted by atomic mass is 35.5. The maximum atomic E-state index is 14.0. The fourth-order valence-electron chi connectivity index (χ4n) is 2.87. The van der Waals surface area contributed by atoms with Crippen molar-refractivity contribution in [3.05, 3.63) is 45.9 Å². The van der Waals surface area contributed by atoms with Crippen molar-refractivity contribution < 1.29 is 18.7 Å². The Balaban J connectivity index is 2.26. The molecule has 1 aromatic carbocycles. The monoisotopic (exact) mass is 383 g/mol. The summed E-state index contributed by atoms with van der Waals surface area (Å²) < 4.78 is 19.1. The van der Waals surface area contributed by atoms with Gasteiger partial charge in [0.25, 0.3) is 0 Å². The zero-order chi connectivity index (χ0) is 19.3. The first kappa shape index (κ1) is 20.2. The second-order valence-electron chi connectivity index (χ2n) is 6.04. The number of ether oxygens (including phenoxy) is 1. The smallest absolute Gasteiger partial charge is 0.337 e. The largest absolute Gasteiger partial charge is 0.463 e. The number of rotatable bonds is 7. The van der Waals surface area contributed by atoms with Crippen LogP contribution in [0.15, 0.2) is 29.5 Å². The Labute approximate surface area is 157 Å². The van der Waals surface area contributed by atoms with Gasteiger partial charge in [0.15, 0.2) is 0 Å². The normalized spacial score (nSPS) is 17.2. The average Bonchev–Trinajstić information content (AvgIpc) is 2.57. The zero-order valence-electron chi connectivity index (χ0n) is 15.1. The minimum Gasteiger partial charge on any atom is -0.463 e. The van der Waals surface area contributed by atoms with Gasteiger partial charge in [-0.2, -0.15) is 0 Å². The van der Waals surface area contributed by atoms with Crippen molar-refractivity contribution in [1.82, 2.24) is 15.5 Å². The van der Waals surface area contributed by atoms with Gasteiger partial charge in [0.2, 0.25) is 0 Å². The molecular weight excluding hydrogens is 361 g/mol. The number of halogens is 2. The molecule has 2 amide bonds. The first-order chi connectivity index (χ1) is 12.4. The van der Waals surface area contributed by atoms with E-state index in [9.17, 15) is 14.0 Å². The van der Waals surface area contributed by atoms with Crippen molar-refractivity contribution in [3.8, 4) is 0 Å². The maximum absolute atomic E-state index is 14.0. The molecule has 8 heteroatoms. The molecule has 1 aliphatic heterocycles. The summed E-state index contributed by atoms with van der Waals surface area (Å²) in [5.41, 5.74) is 1.21. The lowest BCUT2D eigenvalue weighted by molar-refractivity contribution is -0.139. The third kappa shape index (κ3) is 4.74. The molecule has 0 saturated carbocycles. The van der Waals surface area contributed by atoms with Crippen LogP contribution >= 0.6 is 11.6 Å². The van der Waals surface area contributed by atoms with E-state index in [4.69, 9.17) is 16.3 Å². The van der Waals surface area contributed by atoms with Gasteiger partial charge in [-0.05, 0) is 32.5 Å². The van der Waals surface area contributed by atoms with Crippen LogP contribution in [0.5, 0.6) is 0 Å². The van der Waals surface area contributed by atoms with Crippen LogP contribution in [0.4, 0.5) is 9.18 Å². The molecule has 0 aliphatic carbocycles. The van der Waals surface area contributed by atoms with Gasteiger partial charge in [0, 0.05) is 29.4 Å². The summed E-state index contributed by atoms with van der Waals surface area (Å²) in [7, 11) is 1.76. The number of carbonyl (C=O) groups is 2. The second-order valence-corrected chi connectivity index (χ2v) is 6.45. The van der Waals surface area contributed by atoms with Gasteiger partial charge in [-0.3, -0.25) is 4.90 Å². The maximum Gasteiger partial charge on any atom is 0.337 e. The van der Waals surface area contributed by atoms with Gasteiger partial charge >= 0.3 is 12.0 Å². The third-order valence-corrected chi connectivity index (χ3v) is 4.42. The Morgan fingerprint density at radius 2 is 2.08 bits per heavy atom. The minimum absolute atomic E-state index is 0.227. The number of esters is 1. The van der Waals surface area contributed by atoms with Crippen molar-refractivity contribution in [1.29, 1.82) is 0 Å². The number of nitrogens with one attached hydrogen (secondary N) is 2. The molecule has 0 spiro atoms. The molecule has 26 heavy (non-hydrogen) atoms. The summed E-state index contributed by atoms with van der Waals surface area (Å²) >= 11 is 6.07. The molecule has 0 fully saturated rings. The van der Waals surface area contributed by atoms with Gasteiger partial charge in [-0.15, -0.1) is 0 Å². The Morgan fingerprint density at radius 3 is 2.69 bits per heavy atom. The van der Waals surface area contributed by atoms with E-state index in [-0.39, 0.29) is 25.7 Å². The summed E-state index contributed by atoms with van der Waals surface area (Å²) in [5.74, 6) is -0.871. The van der Waals surface area contributed by atoms with Crippen LogP contribution in [0.1, 0.15) is 25.8 Å². The quantitative estimate of drug-likeness (QED) is 0.710. The van der Waals surface area contributed by atoms with Crippen LogP contribution < -0.4 is 10.6 Å². The molecule has 1 aromatic rings. The summed E-state index contributed by atoms with van der Waals surface area (Å²) in [6, 6.07) is 3.70. The van der Waals surface area contributed by atoms with E-state index in [1.807, 2.05) is 6.92 Å². The highest BCUT2D eigenvalue weighted by Gasteiger charge is 2.31. The number of nitrogens with zero attached hydrogens (tertiary/aromatic N) is 1. The summed E-state index contributed by atoms with van der Waals surface area (Å²) in [6.45, 7) is 4.30. The van der Waals surface area contributed by atoms with E-state index in [2.05, 4.69) is 10.6 Å². The predicted octanol–water partition coefficient (Wildman–Crippen LogP) is 2.82. The summed E-state index contributed by atoms with van der Waals surface area (Å²) in [4.78, 5) is 26.0. The van der Waals surface area contributed by atoms with E-state index in [1.54, 1.807) is 31.0 Å². The van der Waals surface area contributed by atoms with E-state index in [0.717, 1.165) is 0 Å². The van der Waals surface area contributed by atoms with Crippen molar-refractivity contribution >= 4 is 23.6 Å². The fourth-order valence-corrected chi connectivity index (χ4v) is 3.09. The second kappa shape index (κ2) is 9.00. The Morgan fingerprint density at radius 1 is 1.35 bits per heavy atom. The molecule has 142 valence electrons. The molecule has 1 unspecified atom stereocenters. The van der Waals surface area contributed by atoms with Crippen LogP contribution in [-0.2, 0) is 16.1 Å². The van der Waals surface area contributed by atoms with E-state index < -0.39 is 17.8 Å². The molecule has 1 heterocycles. The molecule has 2 N–H and O–H groups in total. The molecule has 0 saturated heterocycles. The molecule has 2 rings (SSSR count). The Hall–Kier alpha value is -2.12. The van der Waals surface area contributed by atoms with Crippen LogP contribution in [0.2, 0.25) is 5.02 Å². The topological polar surface area (TPSA) is 70.7 Å². The van der Waals surface area contributed by atoms with Gasteiger partial charge in [0.1, 0.15) is 5.82 Å². The molecule has 0 bridgehead atoms. The molecule has 6 nitrogen and oxygen atoms in total. The van der Waals surface area contributed by atoms with Gasteiger partial charge < -0.3 is 15.4 Å². The first-order valence-corrected chi connectivity index (χ1v) is 8.84. The standard InChI is InChI=1S/C18H23ClFN3O3/c1-4-14-16(17(24)26-5-2)15(22-18(25)21-14)10-23(3)9-11-12(19)7-6-8-13(11)20/h6-8,14H,4-5,9-10H2,1-3H3,(H2,21,22,25). The fraction of sp³-hybridized carbons (Fsp3) is 0.444. The number of carbonyl (C=O) groups excluding carboxylic acids is 2. The Bertz CT molecular complexity index is 703. The SMILES string of the molecule is CCOC(=O)C1=C(CN(C)Cc2c(F)cccc2Cl)NC(=O)NC1CC. The zero-order valence-corrected chi connectivity index (χ0v) is 15.8. The summed E-state index contributed by atoms with van der Waals surface area (Å²) in [5, 5.41) is 5.73. The summed E-state index contributed by atoms with van der Waals surface area (Å²) in [6.07, 6.45) is 0.550. The van der Waals surface area contributed by atoms with Gasteiger partial charge in [0.05, 0.1) is 18.2 Å². The molecule has 0 radical (unpaired) electrons. The lowest BCUT2D eigenvalue weighted by Crippen LogP contribution is -2.51. The van der Waals surface area contributed by atoms with Crippen LogP contribution in [0, 0.1) is 5.82 Å².